The van der Waals surface area contributed by atoms with Gasteiger partial charge in [0.15, 0.2) is 5.54 Å². The van der Waals surface area contributed by atoms with Gasteiger partial charge in [-0.25, -0.2) is 0 Å². The van der Waals surface area contributed by atoms with Crippen molar-refractivity contribution in [3.8, 4) is 0 Å². The Hall–Kier alpha value is -2.04. The van der Waals surface area contributed by atoms with Crippen LogP contribution in [0.3, 0.4) is 0 Å². The first kappa shape index (κ1) is 19.3. The van der Waals surface area contributed by atoms with Crippen LogP contribution in [0.25, 0.3) is 0 Å². The number of nitrogens with one attached hydrogen (secondary N) is 1. The second kappa shape index (κ2) is 7.09. The Bertz CT molecular complexity index is 1070. The number of carbonyl (C=O) groups excluding carboxylic acids is 2. The molecule has 1 aliphatic rings. The van der Waals surface area contributed by atoms with E-state index in [1.165, 1.54) is 0 Å². The molecule has 0 fully saturated rings. The Labute approximate surface area is 181 Å². The fraction of sp³-hybridized carbons (Fsp3) is 0.0476. The highest BCUT2D eigenvalue weighted by Crippen LogP contribution is 2.50. The highest BCUT2D eigenvalue weighted by molar-refractivity contribution is 6.56. The van der Waals surface area contributed by atoms with Crippen LogP contribution in [0.15, 0.2) is 60.7 Å². The minimum absolute atomic E-state index is 0.0293. The molecule has 3 nitrogen and oxygen atoms in total. The van der Waals surface area contributed by atoms with Crippen molar-refractivity contribution in [1.29, 1.82) is 0 Å². The average molecular weight is 451 g/mol. The summed E-state index contributed by atoms with van der Waals surface area (Å²) in [5, 5.41) is 2.82. The van der Waals surface area contributed by atoms with Crippen LogP contribution in [-0.4, -0.2) is 11.6 Å². The maximum atomic E-state index is 13.6. The third kappa shape index (κ3) is 2.66. The molecule has 7 heteroatoms. The standard InChI is InChI=1S/C21H11Cl4NO2/c22-15-13-14(16(23)18(25)17(15)24)20(28)21(19(13)27,11-7-3-1-4-8-11)26-12-9-5-2-6-10-12/h1-10,26H. The zero-order valence-corrected chi connectivity index (χ0v) is 17.1. The van der Waals surface area contributed by atoms with Crippen molar-refractivity contribution in [1.82, 2.24) is 0 Å². The van der Waals surface area contributed by atoms with Crippen LogP contribution in [0.4, 0.5) is 5.69 Å². The molecule has 0 spiro atoms. The van der Waals surface area contributed by atoms with Gasteiger partial charge < -0.3 is 5.32 Å². The van der Waals surface area contributed by atoms with Crippen LogP contribution in [0.1, 0.15) is 26.3 Å². The normalized spacial score (nSPS) is 14.9. The first-order valence-electron chi connectivity index (χ1n) is 8.24. The smallest absolute Gasteiger partial charge is 0.203 e. The summed E-state index contributed by atoms with van der Waals surface area (Å²) in [5.41, 5.74) is -0.738. The van der Waals surface area contributed by atoms with Gasteiger partial charge in [-0.15, -0.1) is 0 Å². The number of anilines is 1. The summed E-state index contributed by atoms with van der Waals surface area (Å²) >= 11 is 24.9. The second-order valence-electron chi connectivity index (χ2n) is 6.27. The van der Waals surface area contributed by atoms with Gasteiger partial charge in [0.25, 0.3) is 0 Å². The van der Waals surface area contributed by atoms with Crippen LogP contribution in [0.5, 0.6) is 0 Å². The first-order chi connectivity index (χ1) is 13.4. The van der Waals surface area contributed by atoms with E-state index in [4.69, 9.17) is 46.4 Å². The summed E-state index contributed by atoms with van der Waals surface area (Å²) < 4.78 is 0. The number of hydrogen-bond acceptors (Lipinski definition) is 3. The van der Waals surface area contributed by atoms with Crippen LogP contribution < -0.4 is 5.32 Å². The fourth-order valence-corrected chi connectivity index (χ4v) is 4.43. The average Bonchev–Trinajstić information content (AvgIpc) is 2.94. The Morgan fingerprint density at radius 2 is 1.04 bits per heavy atom. The summed E-state index contributed by atoms with van der Waals surface area (Å²) in [4.78, 5) is 27.3. The van der Waals surface area contributed by atoms with Crippen LogP contribution >= 0.6 is 46.4 Å². The van der Waals surface area contributed by atoms with Crippen LogP contribution in [0, 0.1) is 0 Å². The first-order valence-corrected chi connectivity index (χ1v) is 9.75. The van der Waals surface area contributed by atoms with Gasteiger partial charge in [-0.3, -0.25) is 9.59 Å². The van der Waals surface area contributed by atoms with E-state index in [1.54, 1.807) is 54.6 Å². The molecule has 0 saturated carbocycles. The minimum Gasteiger partial charge on any atom is -0.363 e. The van der Waals surface area contributed by atoms with Crippen LogP contribution in [-0.2, 0) is 5.54 Å². The topological polar surface area (TPSA) is 46.2 Å². The van der Waals surface area contributed by atoms with Crippen molar-refractivity contribution in [3.63, 3.8) is 0 Å². The van der Waals surface area contributed by atoms with Gasteiger partial charge in [0.2, 0.25) is 11.6 Å². The highest BCUT2D eigenvalue weighted by Gasteiger charge is 2.57. The summed E-state index contributed by atoms with van der Waals surface area (Å²) in [5.74, 6) is -1.07. The minimum atomic E-state index is -1.73. The lowest BCUT2D eigenvalue weighted by Gasteiger charge is -2.29. The third-order valence-corrected chi connectivity index (χ3v) is 6.52. The Kier molecular flexibility index (Phi) is 4.88. The molecule has 0 aromatic heterocycles. The van der Waals surface area contributed by atoms with Gasteiger partial charge in [-0.1, -0.05) is 94.9 Å². The zero-order chi connectivity index (χ0) is 20.1. The Balaban J connectivity index is 2.03. The van der Waals surface area contributed by atoms with Gasteiger partial charge >= 0.3 is 0 Å². The van der Waals surface area contributed by atoms with E-state index < -0.39 is 17.1 Å². The molecule has 0 heterocycles. The number of benzene rings is 3. The fourth-order valence-electron chi connectivity index (χ4n) is 3.41. The van der Waals surface area contributed by atoms with Crippen molar-refractivity contribution in [2.45, 2.75) is 5.54 Å². The maximum Gasteiger partial charge on any atom is 0.203 e. The molecule has 0 saturated heterocycles. The largest absolute Gasteiger partial charge is 0.363 e. The summed E-state index contributed by atoms with van der Waals surface area (Å²) in [6.07, 6.45) is 0. The van der Waals surface area contributed by atoms with Crippen molar-refractivity contribution < 1.29 is 9.59 Å². The van der Waals surface area contributed by atoms with Gasteiger partial charge in [-0.2, -0.15) is 0 Å². The molecule has 1 aliphatic carbocycles. The predicted molar refractivity (Wildman–Crippen MR) is 113 cm³/mol. The van der Waals surface area contributed by atoms with Crippen molar-refractivity contribution in [3.05, 3.63) is 97.4 Å². The highest BCUT2D eigenvalue weighted by atomic mass is 35.5. The number of carbonyl (C=O) groups is 2. The van der Waals surface area contributed by atoms with Gasteiger partial charge in [0.1, 0.15) is 0 Å². The van der Waals surface area contributed by atoms with Crippen LogP contribution in [0.2, 0.25) is 20.1 Å². The molecule has 1 N–H and O–H groups in total. The number of fused-ring (bicyclic) bond motifs is 1. The zero-order valence-electron chi connectivity index (χ0n) is 14.1. The molecular weight excluding hydrogens is 440 g/mol. The predicted octanol–water partition coefficient (Wildman–Crippen LogP) is 6.69. The SMILES string of the molecule is O=C1c2c(Cl)c(Cl)c(Cl)c(Cl)c2C(=O)C1(Nc1ccccc1)c1ccccc1. The van der Waals surface area contributed by atoms with E-state index in [2.05, 4.69) is 5.32 Å². The van der Waals surface area contributed by atoms with Crippen molar-refractivity contribution >= 4 is 63.7 Å². The molecule has 0 radical (unpaired) electrons. The molecule has 3 aromatic carbocycles. The molecule has 0 aliphatic heterocycles. The second-order valence-corrected chi connectivity index (χ2v) is 7.78. The van der Waals surface area contributed by atoms with E-state index in [9.17, 15) is 9.59 Å². The Morgan fingerprint density at radius 3 is 1.50 bits per heavy atom. The maximum absolute atomic E-state index is 13.6. The monoisotopic (exact) mass is 449 g/mol. The van der Waals surface area contributed by atoms with E-state index in [0.29, 0.717) is 11.3 Å². The number of para-hydroxylation sites is 1. The summed E-state index contributed by atoms with van der Waals surface area (Å²) in [6.45, 7) is 0. The quantitative estimate of drug-likeness (QED) is 0.274. The number of Topliss-reactive ketones (excluding diaryl/α,β-unsaturated/α-hetero) is 2. The van der Waals surface area contributed by atoms with E-state index >= 15 is 0 Å². The van der Waals surface area contributed by atoms with Crippen molar-refractivity contribution in [2.75, 3.05) is 5.32 Å². The van der Waals surface area contributed by atoms with E-state index in [0.717, 1.165) is 0 Å². The molecule has 28 heavy (non-hydrogen) atoms. The molecule has 0 atom stereocenters. The third-order valence-electron chi connectivity index (χ3n) is 4.71. The van der Waals surface area contributed by atoms with Gasteiger partial charge in [0, 0.05) is 5.69 Å². The van der Waals surface area contributed by atoms with Gasteiger partial charge in [-0.05, 0) is 17.7 Å². The lowest BCUT2D eigenvalue weighted by atomic mass is 9.84. The molecule has 4 rings (SSSR count). The number of hydrogen-bond donors (Lipinski definition) is 1. The summed E-state index contributed by atoms with van der Waals surface area (Å²) in [7, 11) is 0. The van der Waals surface area contributed by atoms with Crippen molar-refractivity contribution in [2.24, 2.45) is 0 Å². The van der Waals surface area contributed by atoms with E-state index in [-0.39, 0.29) is 31.2 Å². The number of ketones is 2. The molecule has 0 amide bonds. The summed E-state index contributed by atoms with van der Waals surface area (Å²) in [6, 6.07) is 17.6. The van der Waals surface area contributed by atoms with Gasteiger partial charge in [0.05, 0.1) is 31.2 Å². The molecule has 0 bridgehead atoms. The lowest BCUT2D eigenvalue weighted by Crippen LogP contribution is -2.46. The number of halogens is 4. The number of rotatable bonds is 3. The molecule has 0 unspecified atom stereocenters. The van der Waals surface area contributed by atoms with E-state index in [1.807, 2.05) is 6.07 Å². The molecular formula is C21H11Cl4NO2. The molecule has 3 aromatic rings. The lowest BCUT2D eigenvalue weighted by molar-refractivity contribution is 0.0819. The molecule has 140 valence electrons. The Morgan fingerprint density at radius 1 is 0.607 bits per heavy atom.